The molecule has 1 aromatic carbocycles. The zero-order valence-corrected chi connectivity index (χ0v) is 21.3. The van der Waals surface area contributed by atoms with Gasteiger partial charge in [0.15, 0.2) is 0 Å². The second-order valence-corrected chi connectivity index (χ2v) is 11.7. The summed E-state index contributed by atoms with van der Waals surface area (Å²) in [6.45, 7) is 7.70. The van der Waals surface area contributed by atoms with Crippen molar-refractivity contribution in [1.82, 2.24) is 9.80 Å². The summed E-state index contributed by atoms with van der Waals surface area (Å²) in [5, 5.41) is 1.37. The van der Waals surface area contributed by atoms with Crippen LogP contribution in [-0.2, 0) is 22.6 Å². The van der Waals surface area contributed by atoms with E-state index in [9.17, 15) is 9.59 Å². The lowest BCUT2D eigenvalue weighted by atomic mass is 9.79. The second kappa shape index (κ2) is 10.5. The zero-order valence-electron chi connectivity index (χ0n) is 19.7. The van der Waals surface area contributed by atoms with E-state index in [2.05, 4.69) is 36.0 Å². The summed E-state index contributed by atoms with van der Waals surface area (Å²) in [6, 6.07) is 4.27. The Bertz CT molecular complexity index is 848. The average Bonchev–Trinajstić information content (AvgIpc) is 3.25. The van der Waals surface area contributed by atoms with Crippen molar-refractivity contribution in [2.24, 2.45) is 11.8 Å². The van der Waals surface area contributed by atoms with Crippen molar-refractivity contribution in [2.45, 2.75) is 76.6 Å². The van der Waals surface area contributed by atoms with Crippen molar-refractivity contribution in [3.05, 3.63) is 33.8 Å². The van der Waals surface area contributed by atoms with Crippen LogP contribution in [0.15, 0.2) is 12.1 Å². The number of piperazine rings is 1. The molecule has 0 unspecified atom stereocenters. The first-order valence-corrected chi connectivity index (χ1v) is 13.9. The highest BCUT2D eigenvalue weighted by molar-refractivity contribution is 7.99. The summed E-state index contributed by atoms with van der Waals surface area (Å²) in [5.74, 6) is 1.20. The van der Waals surface area contributed by atoms with E-state index in [4.69, 9.17) is 11.6 Å². The van der Waals surface area contributed by atoms with Crippen LogP contribution in [0.1, 0.15) is 62.1 Å². The molecule has 1 aliphatic heterocycles. The van der Waals surface area contributed by atoms with Crippen LogP contribution in [0.5, 0.6) is 0 Å². The monoisotopic (exact) mass is 476 g/mol. The Labute approximate surface area is 202 Å². The molecule has 0 bridgehead atoms. The topological polar surface area (TPSA) is 40.6 Å². The summed E-state index contributed by atoms with van der Waals surface area (Å²) in [5.41, 5.74) is 3.48. The SMILES string of the molecule is CSC1CC(C(=O)Cc2cc(Cl)cc(CN3CCN(C(=O)C4CCCC4)[C@@H](C)C3)c2C)C1. The van der Waals surface area contributed by atoms with Gasteiger partial charge in [0.1, 0.15) is 5.78 Å². The van der Waals surface area contributed by atoms with Crippen LogP contribution >= 0.6 is 23.4 Å². The van der Waals surface area contributed by atoms with E-state index in [1.165, 1.54) is 24.0 Å². The fraction of sp³-hybridized carbons (Fsp3) is 0.692. The Kier molecular flexibility index (Phi) is 7.89. The number of hydrogen-bond donors (Lipinski definition) is 0. The molecule has 1 aromatic rings. The second-order valence-electron chi connectivity index (χ2n) is 10.1. The van der Waals surface area contributed by atoms with Gasteiger partial charge < -0.3 is 4.90 Å². The molecule has 2 aliphatic carbocycles. The fourth-order valence-corrected chi connectivity index (χ4v) is 6.76. The number of hydrogen-bond acceptors (Lipinski definition) is 4. The molecule has 0 radical (unpaired) electrons. The fourth-order valence-electron chi connectivity index (χ4n) is 5.65. The Morgan fingerprint density at radius 3 is 2.44 bits per heavy atom. The highest BCUT2D eigenvalue weighted by atomic mass is 35.5. The van der Waals surface area contributed by atoms with Crippen LogP contribution in [0.4, 0.5) is 0 Å². The van der Waals surface area contributed by atoms with Crippen molar-refractivity contribution in [2.75, 3.05) is 25.9 Å². The van der Waals surface area contributed by atoms with Gasteiger partial charge in [-0.15, -0.1) is 0 Å². The smallest absolute Gasteiger partial charge is 0.226 e. The lowest BCUT2D eigenvalue weighted by molar-refractivity contribution is -0.140. The van der Waals surface area contributed by atoms with Crippen molar-refractivity contribution >= 4 is 35.1 Å². The maximum absolute atomic E-state index is 12.9. The zero-order chi connectivity index (χ0) is 22.8. The molecule has 3 fully saturated rings. The highest BCUT2D eigenvalue weighted by Gasteiger charge is 2.35. The number of ketones is 1. The molecule has 1 atom stereocenters. The summed E-state index contributed by atoms with van der Waals surface area (Å²) >= 11 is 8.35. The van der Waals surface area contributed by atoms with E-state index in [1.54, 1.807) is 0 Å². The largest absolute Gasteiger partial charge is 0.337 e. The van der Waals surface area contributed by atoms with Gasteiger partial charge in [-0.2, -0.15) is 11.8 Å². The average molecular weight is 477 g/mol. The van der Waals surface area contributed by atoms with Crippen LogP contribution in [-0.4, -0.2) is 58.7 Å². The molecular weight excluding hydrogens is 440 g/mol. The lowest BCUT2D eigenvalue weighted by Crippen LogP contribution is -2.54. The third kappa shape index (κ3) is 5.37. The molecule has 1 heterocycles. The normalized spacial score (nSPS) is 26.9. The number of Topliss-reactive ketones (excluding diaryl/α,β-unsaturated/α-hetero) is 1. The minimum Gasteiger partial charge on any atom is -0.337 e. The van der Waals surface area contributed by atoms with Gasteiger partial charge >= 0.3 is 0 Å². The van der Waals surface area contributed by atoms with Crippen LogP contribution in [0.25, 0.3) is 0 Å². The van der Waals surface area contributed by atoms with Gasteiger partial charge in [-0.25, -0.2) is 0 Å². The van der Waals surface area contributed by atoms with Crippen molar-refractivity contribution in [3.8, 4) is 0 Å². The molecule has 4 rings (SSSR count). The molecule has 4 nitrogen and oxygen atoms in total. The molecule has 0 spiro atoms. The van der Waals surface area contributed by atoms with Gasteiger partial charge in [-0.3, -0.25) is 14.5 Å². The van der Waals surface area contributed by atoms with Gasteiger partial charge in [-0.1, -0.05) is 24.4 Å². The number of thioether (sulfide) groups is 1. The number of carbonyl (C=O) groups excluding carboxylic acids is 2. The van der Waals surface area contributed by atoms with Gasteiger partial charge in [-0.05, 0) is 74.6 Å². The van der Waals surface area contributed by atoms with E-state index >= 15 is 0 Å². The first-order chi connectivity index (χ1) is 15.4. The first kappa shape index (κ1) is 24.1. The predicted octanol–water partition coefficient (Wildman–Crippen LogP) is 5.12. The summed E-state index contributed by atoms with van der Waals surface area (Å²) in [4.78, 5) is 30.2. The summed E-state index contributed by atoms with van der Waals surface area (Å²) < 4.78 is 0. The minimum atomic E-state index is 0.223. The number of halogens is 1. The molecular formula is C26H37ClN2O2S. The number of rotatable bonds is 7. The quantitative estimate of drug-likeness (QED) is 0.547. The minimum absolute atomic E-state index is 0.223. The van der Waals surface area contributed by atoms with E-state index in [-0.39, 0.29) is 17.9 Å². The third-order valence-corrected chi connectivity index (χ3v) is 9.20. The van der Waals surface area contributed by atoms with Gasteiger partial charge in [0, 0.05) is 60.8 Å². The Morgan fingerprint density at radius 2 is 1.78 bits per heavy atom. The van der Waals surface area contributed by atoms with E-state index in [0.29, 0.717) is 28.4 Å². The molecule has 32 heavy (non-hydrogen) atoms. The first-order valence-electron chi connectivity index (χ1n) is 12.2. The van der Waals surface area contributed by atoms with E-state index in [0.717, 1.165) is 57.4 Å². The molecule has 0 N–H and O–H groups in total. The molecule has 1 amide bonds. The molecule has 2 saturated carbocycles. The number of carbonyl (C=O) groups is 2. The van der Waals surface area contributed by atoms with E-state index < -0.39 is 0 Å². The molecule has 176 valence electrons. The Morgan fingerprint density at radius 1 is 1.09 bits per heavy atom. The van der Waals surface area contributed by atoms with Crippen LogP contribution in [0.2, 0.25) is 5.02 Å². The standard InChI is InChI=1S/C26H37ClN2O2S/c1-17-15-28(8-9-29(17)26(31)19-6-4-5-7-19)16-22-11-23(27)10-20(18(22)2)14-25(30)21-12-24(13-21)32-3/h10-11,17,19,21,24H,4-9,12-16H2,1-3H3/t17-,21?,24?/m0/s1. The maximum atomic E-state index is 12.9. The van der Waals surface area contributed by atoms with Crippen molar-refractivity contribution in [1.29, 1.82) is 0 Å². The maximum Gasteiger partial charge on any atom is 0.226 e. The number of benzene rings is 1. The lowest BCUT2D eigenvalue weighted by Gasteiger charge is -2.41. The highest BCUT2D eigenvalue weighted by Crippen LogP contribution is 2.37. The predicted molar refractivity (Wildman–Crippen MR) is 133 cm³/mol. The van der Waals surface area contributed by atoms with Crippen LogP contribution < -0.4 is 0 Å². The third-order valence-electron chi connectivity index (χ3n) is 7.93. The van der Waals surface area contributed by atoms with Crippen molar-refractivity contribution in [3.63, 3.8) is 0 Å². The summed E-state index contributed by atoms with van der Waals surface area (Å²) in [6.07, 6.45) is 9.18. The number of amides is 1. The van der Waals surface area contributed by atoms with Crippen LogP contribution in [0.3, 0.4) is 0 Å². The number of nitrogens with zero attached hydrogens (tertiary/aromatic N) is 2. The van der Waals surface area contributed by atoms with Gasteiger partial charge in [0.05, 0.1) is 0 Å². The van der Waals surface area contributed by atoms with Gasteiger partial charge in [0.25, 0.3) is 0 Å². The molecule has 0 aromatic heterocycles. The Balaban J connectivity index is 1.37. The molecule has 3 aliphatic rings. The van der Waals surface area contributed by atoms with Crippen LogP contribution in [0, 0.1) is 18.8 Å². The molecule has 6 heteroatoms. The Hall–Kier alpha value is -1.04. The van der Waals surface area contributed by atoms with Gasteiger partial charge in [0.2, 0.25) is 5.91 Å². The van der Waals surface area contributed by atoms with Crippen molar-refractivity contribution < 1.29 is 9.59 Å². The summed E-state index contributed by atoms with van der Waals surface area (Å²) in [7, 11) is 0. The van der Waals surface area contributed by atoms with E-state index in [1.807, 2.05) is 17.8 Å². The molecule has 1 saturated heterocycles.